The van der Waals surface area contributed by atoms with E-state index < -0.39 is 0 Å². The molecule has 1 atom stereocenters. The first-order chi connectivity index (χ1) is 9.65. The van der Waals surface area contributed by atoms with Gasteiger partial charge in [0.15, 0.2) is 0 Å². The summed E-state index contributed by atoms with van der Waals surface area (Å²) in [7, 11) is 0. The third kappa shape index (κ3) is 2.50. The SMILES string of the molecule is N=C(N)c1cc(F)ccc1N1CCCN2CCCC2C1. The van der Waals surface area contributed by atoms with E-state index in [0.717, 1.165) is 31.7 Å². The molecule has 0 bridgehead atoms. The molecule has 0 spiro atoms. The molecule has 2 aliphatic heterocycles. The maximum atomic E-state index is 13.4. The fourth-order valence-electron chi connectivity index (χ4n) is 3.43. The largest absolute Gasteiger partial charge is 0.384 e. The molecule has 3 N–H and O–H groups in total. The molecule has 0 aromatic heterocycles. The van der Waals surface area contributed by atoms with Crippen molar-refractivity contribution in [1.29, 1.82) is 5.41 Å². The van der Waals surface area contributed by atoms with Crippen LogP contribution in [0.5, 0.6) is 0 Å². The molecule has 0 aliphatic carbocycles. The number of amidine groups is 1. The summed E-state index contributed by atoms with van der Waals surface area (Å²) in [5, 5.41) is 7.67. The normalized spacial score (nSPS) is 23.4. The number of halogens is 1. The summed E-state index contributed by atoms with van der Waals surface area (Å²) in [6.45, 7) is 4.23. The zero-order chi connectivity index (χ0) is 14.1. The number of rotatable bonds is 2. The Labute approximate surface area is 118 Å². The fourth-order valence-corrected chi connectivity index (χ4v) is 3.43. The zero-order valence-electron chi connectivity index (χ0n) is 11.6. The van der Waals surface area contributed by atoms with Crippen LogP contribution >= 0.6 is 0 Å². The third-order valence-corrected chi connectivity index (χ3v) is 4.39. The fraction of sp³-hybridized carbons (Fsp3) is 0.533. The maximum absolute atomic E-state index is 13.4. The predicted octanol–water partition coefficient (Wildman–Crippen LogP) is 1.78. The van der Waals surface area contributed by atoms with Crippen LogP contribution in [-0.4, -0.2) is 43.0 Å². The van der Waals surface area contributed by atoms with Crippen LogP contribution in [-0.2, 0) is 0 Å². The van der Waals surface area contributed by atoms with Gasteiger partial charge < -0.3 is 10.6 Å². The quantitative estimate of drug-likeness (QED) is 0.639. The first-order valence-corrected chi connectivity index (χ1v) is 7.28. The number of nitrogen functional groups attached to an aromatic ring is 1. The minimum atomic E-state index is -0.337. The zero-order valence-corrected chi connectivity index (χ0v) is 11.6. The van der Waals surface area contributed by atoms with Gasteiger partial charge in [0.1, 0.15) is 11.7 Å². The van der Waals surface area contributed by atoms with Crippen LogP contribution in [0.4, 0.5) is 10.1 Å². The van der Waals surface area contributed by atoms with Crippen molar-refractivity contribution in [3.63, 3.8) is 0 Å². The topological polar surface area (TPSA) is 56.4 Å². The number of nitrogens with two attached hydrogens (primary N) is 1. The highest BCUT2D eigenvalue weighted by Gasteiger charge is 2.29. The number of nitrogens with zero attached hydrogens (tertiary/aromatic N) is 2. The Morgan fingerprint density at radius 3 is 2.85 bits per heavy atom. The second kappa shape index (κ2) is 5.40. The van der Waals surface area contributed by atoms with Crippen LogP contribution in [0.25, 0.3) is 0 Å². The minimum Gasteiger partial charge on any atom is -0.384 e. The van der Waals surface area contributed by atoms with E-state index in [4.69, 9.17) is 11.1 Å². The highest BCUT2D eigenvalue weighted by Crippen LogP contribution is 2.27. The van der Waals surface area contributed by atoms with Crippen LogP contribution in [0.15, 0.2) is 18.2 Å². The van der Waals surface area contributed by atoms with E-state index in [1.54, 1.807) is 6.07 Å². The first-order valence-electron chi connectivity index (χ1n) is 7.28. The van der Waals surface area contributed by atoms with Gasteiger partial charge in [0.05, 0.1) is 0 Å². The highest BCUT2D eigenvalue weighted by atomic mass is 19.1. The summed E-state index contributed by atoms with van der Waals surface area (Å²) in [4.78, 5) is 4.82. The molecule has 1 aromatic carbocycles. The first kappa shape index (κ1) is 13.4. The van der Waals surface area contributed by atoms with Gasteiger partial charge in [0, 0.05) is 36.9 Å². The van der Waals surface area contributed by atoms with Crippen LogP contribution < -0.4 is 10.6 Å². The lowest BCUT2D eigenvalue weighted by atomic mass is 10.1. The standard InChI is InChI=1S/C15H21FN4/c16-11-4-5-14(13(9-11)15(17)18)20-8-2-7-19-6-1-3-12(19)10-20/h4-5,9,12H,1-3,6-8,10H2,(H3,17,18). The average Bonchev–Trinajstić information content (AvgIpc) is 2.76. The van der Waals surface area contributed by atoms with Crippen molar-refractivity contribution in [2.45, 2.75) is 25.3 Å². The number of anilines is 1. The molecule has 3 rings (SSSR count). The van der Waals surface area contributed by atoms with Crippen molar-refractivity contribution in [2.75, 3.05) is 31.1 Å². The molecular formula is C15H21FN4. The molecule has 2 saturated heterocycles. The van der Waals surface area contributed by atoms with Gasteiger partial charge in [-0.05, 0) is 44.0 Å². The summed E-state index contributed by atoms with van der Waals surface area (Å²) in [5.41, 5.74) is 7.02. The monoisotopic (exact) mass is 276 g/mol. The highest BCUT2D eigenvalue weighted by molar-refractivity contribution is 6.00. The summed E-state index contributed by atoms with van der Waals surface area (Å²) in [5.74, 6) is -0.400. The molecule has 20 heavy (non-hydrogen) atoms. The van der Waals surface area contributed by atoms with Crippen LogP contribution in [0, 0.1) is 11.2 Å². The Balaban J connectivity index is 1.89. The van der Waals surface area contributed by atoms with Crippen molar-refractivity contribution in [1.82, 2.24) is 4.90 Å². The van der Waals surface area contributed by atoms with Gasteiger partial charge in [-0.15, -0.1) is 0 Å². The molecular weight excluding hydrogens is 255 g/mol. The van der Waals surface area contributed by atoms with E-state index in [-0.39, 0.29) is 11.7 Å². The molecule has 2 heterocycles. The Hall–Kier alpha value is -1.62. The molecule has 0 amide bonds. The van der Waals surface area contributed by atoms with Crippen molar-refractivity contribution in [2.24, 2.45) is 5.73 Å². The van der Waals surface area contributed by atoms with Gasteiger partial charge in [-0.25, -0.2) is 4.39 Å². The summed E-state index contributed by atoms with van der Waals surface area (Å²) in [6.07, 6.45) is 3.60. The Bertz CT molecular complexity index is 517. The smallest absolute Gasteiger partial charge is 0.125 e. The van der Waals surface area contributed by atoms with Gasteiger partial charge in [0.25, 0.3) is 0 Å². The molecule has 1 aromatic rings. The van der Waals surface area contributed by atoms with Crippen molar-refractivity contribution in [3.05, 3.63) is 29.6 Å². The Kier molecular flexibility index (Phi) is 3.61. The van der Waals surface area contributed by atoms with E-state index in [1.165, 1.54) is 31.5 Å². The van der Waals surface area contributed by atoms with Crippen LogP contribution in [0.1, 0.15) is 24.8 Å². The van der Waals surface area contributed by atoms with Crippen LogP contribution in [0.3, 0.4) is 0 Å². The van der Waals surface area contributed by atoms with Gasteiger partial charge in [0.2, 0.25) is 0 Å². The molecule has 2 fully saturated rings. The summed E-state index contributed by atoms with van der Waals surface area (Å²) < 4.78 is 13.4. The number of fused-ring (bicyclic) bond motifs is 1. The molecule has 1 unspecified atom stereocenters. The number of hydrogen-bond donors (Lipinski definition) is 2. The van der Waals surface area contributed by atoms with Crippen LogP contribution in [0.2, 0.25) is 0 Å². The third-order valence-electron chi connectivity index (χ3n) is 4.39. The van der Waals surface area contributed by atoms with E-state index in [9.17, 15) is 4.39 Å². The number of nitrogens with one attached hydrogen (secondary N) is 1. The predicted molar refractivity (Wildman–Crippen MR) is 78.8 cm³/mol. The molecule has 4 nitrogen and oxygen atoms in total. The van der Waals surface area contributed by atoms with Crippen molar-refractivity contribution < 1.29 is 4.39 Å². The number of hydrogen-bond acceptors (Lipinski definition) is 3. The molecule has 108 valence electrons. The second-order valence-corrected chi connectivity index (χ2v) is 5.71. The molecule has 0 radical (unpaired) electrons. The van der Waals surface area contributed by atoms with E-state index >= 15 is 0 Å². The van der Waals surface area contributed by atoms with Crippen molar-refractivity contribution >= 4 is 11.5 Å². The lowest BCUT2D eigenvalue weighted by Gasteiger charge is -2.28. The maximum Gasteiger partial charge on any atom is 0.125 e. The van der Waals surface area contributed by atoms with E-state index in [0.29, 0.717) is 11.6 Å². The van der Waals surface area contributed by atoms with E-state index in [2.05, 4.69) is 9.80 Å². The van der Waals surface area contributed by atoms with Gasteiger partial charge in [-0.1, -0.05) is 0 Å². The Morgan fingerprint density at radius 1 is 1.25 bits per heavy atom. The van der Waals surface area contributed by atoms with E-state index in [1.807, 2.05) is 0 Å². The minimum absolute atomic E-state index is 0.0629. The lowest BCUT2D eigenvalue weighted by molar-refractivity contribution is 0.273. The van der Waals surface area contributed by atoms with Gasteiger partial charge >= 0.3 is 0 Å². The average molecular weight is 276 g/mol. The summed E-state index contributed by atoms with van der Waals surface area (Å²) >= 11 is 0. The lowest BCUT2D eigenvalue weighted by Crippen LogP contribution is -2.37. The van der Waals surface area contributed by atoms with Crippen molar-refractivity contribution in [3.8, 4) is 0 Å². The second-order valence-electron chi connectivity index (χ2n) is 5.71. The van der Waals surface area contributed by atoms with Gasteiger partial charge in [-0.3, -0.25) is 10.3 Å². The molecule has 5 heteroatoms. The molecule has 0 saturated carbocycles. The Morgan fingerprint density at radius 2 is 2.05 bits per heavy atom. The number of benzene rings is 1. The summed E-state index contributed by atoms with van der Waals surface area (Å²) in [6, 6.07) is 5.17. The molecule has 2 aliphatic rings. The van der Waals surface area contributed by atoms with Gasteiger partial charge in [-0.2, -0.15) is 0 Å².